The van der Waals surface area contributed by atoms with Crippen molar-refractivity contribution >= 4 is 28.3 Å². The molecule has 0 saturated heterocycles. The van der Waals surface area contributed by atoms with Crippen LogP contribution in [0.5, 0.6) is 0 Å². The Morgan fingerprint density at radius 2 is 1.83 bits per heavy atom. The van der Waals surface area contributed by atoms with E-state index in [0.29, 0.717) is 35.5 Å². The minimum absolute atomic E-state index is 0.00205. The Morgan fingerprint density at radius 3 is 2.67 bits per heavy atom. The molecule has 3 aromatic carbocycles. The number of nitrogens with one attached hydrogen (secondary N) is 2. The number of carbonyl (C=O) groups is 2. The monoisotopic (exact) mass is 575 g/mol. The van der Waals surface area contributed by atoms with Crippen LogP contribution in [0.2, 0.25) is 0 Å². The summed E-state index contributed by atoms with van der Waals surface area (Å²) in [5.41, 5.74) is 6.92. The summed E-state index contributed by atoms with van der Waals surface area (Å²) in [7, 11) is 0. The van der Waals surface area contributed by atoms with Gasteiger partial charge in [0.2, 0.25) is 5.91 Å². The van der Waals surface area contributed by atoms with Crippen molar-refractivity contribution < 1.29 is 14.3 Å². The van der Waals surface area contributed by atoms with E-state index >= 15 is 0 Å². The molecule has 1 aromatic heterocycles. The first-order chi connectivity index (χ1) is 20.5. The van der Waals surface area contributed by atoms with Gasteiger partial charge in [-0.3, -0.25) is 9.59 Å². The van der Waals surface area contributed by atoms with Crippen molar-refractivity contribution in [2.75, 3.05) is 11.9 Å². The zero-order valence-corrected chi connectivity index (χ0v) is 24.3. The van der Waals surface area contributed by atoms with Crippen molar-refractivity contribution in [2.24, 2.45) is 5.41 Å². The van der Waals surface area contributed by atoms with Crippen LogP contribution in [-0.4, -0.2) is 29.4 Å². The lowest BCUT2D eigenvalue weighted by atomic mass is 9.71. The standard InChI is InChI=1S/C35H33N3O3S/c1-35(18-24-8-2-3-12-27(24)30-17-25(19-35)28-13-4-5-14-29(28)30)33(40)38-34-37-31(21-42-34)22-9-6-10-23(16-22)32(39)36-20-26-11-7-15-41-26/h2-10,12-16,21,25-26,30H,11,17-20H2,1H3,(H,36,39)(H,37,38,40). The van der Waals surface area contributed by atoms with Gasteiger partial charge in [0, 0.05) is 28.8 Å². The molecular formula is C35H33N3O3S. The highest BCUT2D eigenvalue weighted by Gasteiger charge is 2.44. The Morgan fingerprint density at radius 1 is 1.02 bits per heavy atom. The molecule has 0 saturated carbocycles. The molecule has 4 aromatic rings. The van der Waals surface area contributed by atoms with Gasteiger partial charge in [0.1, 0.15) is 6.10 Å². The third kappa shape index (κ3) is 5.02. The molecule has 7 rings (SSSR count). The van der Waals surface area contributed by atoms with Crippen LogP contribution in [0.4, 0.5) is 5.13 Å². The number of thiazole rings is 1. The molecule has 0 spiro atoms. The van der Waals surface area contributed by atoms with E-state index in [9.17, 15) is 9.59 Å². The first-order valence-electron chi connectivity index (χ1n) is 14.6. The summed E-state index contributed by atoms with van der Waals surface area (Å²) in [5.74, 6) is 0.581. The molecule has 2 bridgehead atoms. The average Bonchev–Trinajstić information content (AvgIpc) is 3.77. The molecule has 7 heteroatoms. The maximum atomic E-state index is 14.0. The fourth-order valence-electron chi connectivity index (χ4n) is 6.87. The van der Waals surface area contributed by atoms with Gasteiger partial charge in [-0.15, -0.1) is 11.3 Å². The normalized spacial score (nSPS) is 23.7. The number of rotatable bonds is 6. The number of ether oxygens (including phenoxy) is 1. The van der Waals surface area contributed by atoms with Crippen LogP contribution in [-0.2, 0) is 16.0 Å². The van der Waals surface area contributed by atoms with Gasteiger partial charge in [0.15, 0.2) is 5.13 Å². The predicted octanol–water partition coefficient (Wildman–Crippen LogP) is 7.05. The Balaban J connectivity index is 1.09. The molecule has 2 aliphatic carbocycles. The Kier molecular flexibility index (Phi) is 6.90. The lowest BCUT2D eigenvalue weighted by Crippen LogP contribution is -2.37. The molecular weight excluding hydrogens is 542 g/mol. The molecule has 2 heterocycles. The van der Waals surface area contributed by atoms with Crippen molar-refractivity contribution in [3.63, 3.8) is 0 Å². The van der Waals surface area contributed by atoms with E-state index in [1.807, 2.05) is 29.7 Å². The van der Waals surface area contributed by atoms with Gasteiger partial charge in [-0.25, -0.2) is 4.98 Å². The summed E-state index contributed by atoms with van der Waals surface area (Å²) >= 11 is 1.41. The first kappa shape index (κ1) is 26.7. The van der Waals surface area contributed by atoms with Crippen LogP contribution in [0, 0.1) is 5.41 Å². The largest absolute Gasteiger partial charge is 0.496 e. The third-order valence-electron chi connectivity index (χ3n) is 8.99. The third-order valence-corrected chi connectivity index (χ3v) is 9.75. The Bertz CT molecular complexity index is 1690. The maximum Gasteiger partial charge on any atom is 0.251 e. The summed E-state index contributed by atoms with van der Waals surface area (Å²) in [6.07, 6.45) is 6.93. The average molecular weight is 576 g/mol. The topological polar surface area (TPSA) is 80.3 Å². The zero-order valence-electron chi connectivity index (χ0n) is 23.5. The summed E-state index contributed by atoms with van der Waals surface area (Å²) in [5, 5.41) is 8.60. The second kappa shape index (κ2) is 10.9. The van der Waals surface area contributed by atoms with Gasteiger partial charge >= 0.3 is 0 Å². The predicted molar refractivity (Wildman–Crippen MR) is 166 cm³/mol. The van der Waals surface area contributed by atoms with Gasteiger partial charge in [-0.1, -0.05) is 67.6 Å². The van der Waals surface area contributed by atoms with Gasteiger partial charge in [-0.2, -0.15) is 0 Å². The quantitative estimate of drug-likeness (QED) is 0.258. The number of hydrogen-bond donors (Lipinski definition) is 2. The molecule has 6 nitrogen and oxygen atoms in total. The van der Waals surface area contributed by atoms with E-state index in [0.717, 1.165) is 30.5 Å². The van der Waals surface area contributed by atoms with Crippen LogP contribution in [0.3, 0.4) is 0 Å². The second-order valence-corrected chi connectivity index (χ2v) is 12.8. The summed E-state index contributed by atoms with van der Waals surface area (Å²) in [6, 6.07) is 24.8. The number of anilines is 1. The fraction of sp³-hybridized carbons (Fsp3) is 0.286. The first-order valence-corrected chi connectivity index (χ1v) is 15.5. The number of benzene rings is 3. The van der Waals surface area contributed by atoms with E-state index in [2.05, 4.69) is 66.1 Å². The molecule has 3 aliphatic rings. The number of fused-ring (bicyclic) bond motifs is 7. The molecule has 0 fully saturated rings. The van der Waals surface area contributed by atoms with Gasteiger partial charge < -0.3 is 15.4 Å². The van der Waals surface area contributed by atoms with E-state index in [1.165, 1.54) is 33.6 Å². The number of carbonyl (C=O) groups excluding carboxylic acids is 2. The SMILES string of the molecule is CC1(C(=O)Nc2nc(-c3cccc(C(=O)NCC4CC=CO4)c3)cs2)Cc2ccccc2C2CC(C1)c1ccccc12. The van der Waals surface area contributed by atoms with Crippen molar-refractivity contribution in [3.05, 3.63) is 118 Å². The molecule has 42 heavy (non-hydrogen) atoms. The van der Waals surface area contributed by atoms with Crippen LogP contribution in [0.15, 0.2) is 90.5 Å². The van der Waals surface area contributed by atoms with Crippen LogP contribution in [0.1, 0.15) is 70.6 Å². The Labute approximate surface area is 249 Å². The second-order valence-electron chi connectivity index (χ2n) is 11.9. The number of amides is 2. The van der Waals surface area contributed by atoms with Crippen molar-refractivity contribution in [1.82, 2.24) is 10.3 Å². The smallest absolute Gasteiger partial charge is 0.251 e. The molecule has 212 valence electrons. The lowest BCUT2D eigenvalue weighted by Gasteiger charge is -2.34. The highest BCUT2D eigenvalue weighted by atomic mass is 32.1. The number of hydrogen-bond acceptors (Lipinski definition) is 5. The minimum atomic E-state index is -0.592. The molecule has 4 unspecified atom stereocenters. The van der Waals surface area contributed by atoms with Gasteiger partial charge in [0.25, 0.3) is 5.91 Å². The highest BCUT2D eigenvalue weighted by Crippen LogP contribution is 2.53. The molecule has 2 amide bonds. The maximum absolute atomic E-state index is 14.0. The van der Waals surface area contributed by atoms with Crippen molar-refractivity contribution in [2.45, 2.75) is 50.5 Å². The van der Waals surface area contributed by atoms with Gasteiger partial charge in [-0.05, 0) is 65.6 Å². The lowest BCUT2D eigenvalue weighted by molar-refractivity contribution is -0.125. The number of nitrogens with zero attached hydrogens (tertiary/aromatic N) is 1. The Hall–Kier alpha value is -4.23. The van der Waals surface area contributed by atoms with Crippen LogP contribution < -0.4 is 10.6 Å². The zero-order chi connectivity index (χ0) is 28.7. The summed E-state index contributed by atoms with van der Waals surface area (Å²) in [6.45, 7) is 2.56. The summed E-state index contributed by atoms with van der Waals surface area (Å²) < 4.78 is 5.44. The van der Waals surface area contributed by atoms with E-state index in [1.54, 1.807) is 12.3 Å². The summed E-state index contributed by atoms with van der Waals surface area (Å²) in [4.78, 5) is 31.5. The van der Waals surface area contributed by atoms with Crippen LogP contribution >= 0.6 is 11.3 Å². The van der Waals surface area contributed by atoms with Crippen LogP contribution in [0.25, 0.3) is 11.3 Å². The molecule has 2 N–H and O–H groups in total. The van der Waals surface area contributed by atoms with Crippen molar-refractivity contribution in [1.29, 1.82) is 0 Å². The number of aromatic nitrogens is 1. The van der Waals surface area contributed by atoms with E-state index in [-0.39, 0.29) is 17.9 Å². The van der Waals surface area contributed by atoms with E-state index < -0.39 is 5.41 Å². The van der Waals surface area contributed by atoms with Gasteiger partial charge in [0.05, 0.1) is 23.9 Å². The van der Waals surface area contributed by atoms with E-state index in [4.69, 9.17) is 9.72 Å². The fourth-order valence-corrected chi connectivity index (χ4v) is 7.59. The molecule has 4 atom stereocenters. The van der Waals surface area contributed by atoms with Crippen molar-refractivity contribution in [3.8, 4) is 11.3 Å². The minimum Gasteiger partial charge on any atom is -0.496 e. The molecule has 0 radical (unpaired) electrons. The highest BCUT2D eigenvalue weighted by molar-refractivity contribution is 7.14. The molecule has 1 aliphatic heterocycles.